The maximum absolute atomic E-state index is 11.9. The van der Waals surface area contributed by atoms with Crippen LogP contribution in [0.4, 0.5) is 16.9 Å². The Labute approximate surface area is 195 Å². The number of nitrogens with zero attached hydrogens (tertiary/aromatic N) is 5. The molecule has 5 heterocycles. The number of hydrogen-bond donors (Lipinski definition) is 3. The van der Waals surface area contributed by atoms with E-state index in [9.17, 15) is 4.79 Å². The summed E-state index contributed by atoms with van der Waals surface area (Å²) in [5, 5.41) is 7.50. The van der Waals surface area contributed by atoms with Gasteiger partial charge in [0.2, 0.25) is 11.9 Å². The van der Waals surface area contributed by atoms with Gasteiger partial charge in [0.25, 0.3) is 0 Å². The molecule has 3 N–H and O–H groups in total. The third-order valence-electron chi connectivity index (χ3n) is 5.82. The monoisotopic (exact) mass is 467 g/mol. The van der Waals surface area contributed by atoms with E-state index in [-0.39, 0.29) is 11.9 Å². The molecule has 1 amide bonds. The van der Waals surface area contributed by atoms with Crippen LogP contribution in [0.3, 0.4) is 0 Å². The van der Waals surface area contributed by atoms with Gasteiger partial charge in [-0.3, -0.25) is 4.79 Å². The van der Waals surface area contributed by atoms with Gasteiger partial charge in [-0.05, 0) is 24.6 Å². The SMILES string of the molecule is C=CC(=O)N1CC[C@H](Nc2nc(C[NH+]3CCOCC3)cc(Nc3nc4cccnc4s3)n2)C1. The highest BCUT2D eigenvalue weighted by atomic mass is 32.1. The Balaban J connectivity index is 1.36. The van der Waals surface area contributed by atoms with Crippen LogP contribution in [0, 0.1) is 0 Å². The van der Waals surface area contributed by atoms with E-state index in [1.54, 1.807) is 11.1 Å². The van der Waals surface area contributed by atoms with Crippen LogP contribution in [-0.2, 0) is 16.1 Å². The molecule has 0 unspecified atom stereocenters. The van der Waals surface area contributed by atoms with Crippen LogP contribution in [0.15, 0.2) is 37.1 Å². The number of likely N-dealkylation sites (tertiary alicyclic amines) is 1. The minimum absolute atomic E-state index is 0.0447. The zero-order chi connectivity index (χ0) is 22.6. The third-order valence-corrected chi connectivity index (χ3v) is 6.71. The Kier molecular flexibility index (Phi) is 6.42. The van der Waals surface area contributed by atoms with Crippen molar-refractivity contribution in [2.75, 3.05) is 50.0 Å². The second-order valence-corrected chi connectivity index (χ2v) is 9.17. The van der Waals surface area contributed by atoms with E-state index in [0.29, 0.717) is 24.9 Å². The Hall–Kier alpha value is -3.15. The van der Waals surface area contributed by atoms with Gasteiger partial charge < -0.3 is 25.2 Å². The number of nitrogens with one attached hydrogen (secondary N) is 3. The second kappa shape index (κ2) is 9.77. The van der Waals surface area contributed by atoms with Gasteiger partial charge in [-0.1, -0.05) is 17.9 Å². The van der Waals surface area contributed by atoms with Gasteiger partial charge in [0, 0.05) is 31.4 Å². The molecule has 5 rings (SSSR count). The second-order valence-electron chi connectivity index (χ2n) is 8.20. The minimum atomic E-state index is -0.0447. The van der Waals surface area contributed by atoms with Crippen molar-refractivity contribution >= 4 is 44.5 Å². The molecule has 0 aromatic carbocycles. The summed E-state index contributed by atoms with van der Waals surface area (Å²) < 4.78 is 5.49. The van der Waals surface area contributed by atoms with E-state index >= 15 is 0 Å². The number of amides is 1. The number of hydrogen-bond acceptors (Lipinski definition) is 9. The van der Waals surface area contributed by atoms with Gasteiger partial charge in [0.05, 0.1) is 13.2 Å². The Morgan fingerprint density at radius 3 is 3.03 bits per heavy atom. The van der Waals surface area contributed by atoms with Crippen LogP contribution in [0.2, 0.25) is 0 Å². The number of morpholine rings is 1. The molecule has 2 aliphatic rings. The number of fused-ring (bicyclic) bond motifs is 1. The summed E-state index contributed by atoms with van der Waals surface area (Å²) in [5.74, 6) is 1.20. The fourth-order valence-corrected chi connectivity index (χ4v) is 4.95. The number of thiazole rings is 1. The number of aromatic nitrogens is 4. The summed E-state index contributed by atoms with van der Waals surface area (Å²) in [6.45, 7) is 9.14. The molecule has 11 heteroatoms. The first-order valence-electron chi connectivity index (χ1n) is 11.1. The largest absolute Gasteiger partial charge is 0.370 e. The number of carbonyl (C=O) groups is 1. The molecule has 3 aromatic heterocycles. The fourth-order valence-electron chi connectivity index (χ4n) is 4.13. The molecule has 0 aliphatic carbocycles. The third kappa shape index (κ3) is 5.27. The first kappa shape index (κ1) is 21.7. The molecule has 1 atom stereocenters. The first-order chi connectivity index (χ1) is 16.2. The number of ether oxygens (including phenoxy) is 1. The minimum Gasteiger partial charge on any atom is -0.370 e. The molecule has 0 saturated carbocycles. The summed E-state index contributed by atoms with van der Waals surface area (Å²) in [7, 11) is 0. The lowest BCUT2D eigenvalue weighted by atomic mass is 10.2. The van der Waals surface area contributed by atoms with E-state index in [1.807, 2.05) is 18.2 Å². The average Bonchev–Trinajstić information content (AvgIpc) is 3.45. The summed E-state index contributed by atoms with van der Waals surface area (Å²) >= 11 is 1.49. The van der Waals surface area contributed by atoms with Crippen molar-refractivity contribution in [2.24, 2.45) is 0 Å². The lowest BCUT2D eigenvalue weighted by Crippen LogP contribution is -3.12. The van der Waals surface area contributed by atoms with Gasteiger partial charge in [-0.15, -0.1) is 0 Å². The van der Waals surface area contributed by atoms with Gasteiger partial charge in [-0.2, -0.15) is 4.98 Å². The summed E-state index contributed by atoms with van der Waals surface area (Å²) in [6, 6.07) is 5.90. The molecule has 2 aliphatic heterocycles. The summed E-state index contributed by atoms with van der Waals surface area (Å²) in [6.07, 6.45) is 3.97. The molecule has 3 aromatic rings. The zero-order valence-electron chi connectivity index (χ0n) is 18.3. The van der Waals surface area contributed by atoms with Gasteiger partial charge in [0.1, 0.15) is 41.5 Å². The van der Waals surface area contributed by atoms with Crippen LogP contribution >= 0.6 is 11.3 Å². The highest BCUT2D eigenvalue weighted by Gasteiger charge is 2.26. The molecule has 0 spiro atoms. The van der Waals surface area contributed by atoms with Crippen LogP contribution < -0.4 is 15.5 Å². The molecular formula is C22H27N8O2S+. The van der Waals surface area contributed by atoms with Gasteiger partial charge in [0.15, 0.2) is 5.13 Å². The van der Waals surface area contributed by atoms with Crippen molar-refractivity contribution in [3.63, 3.8) is 0 Å². The fraction of sp³-hybridized carbons (Fsp3) is 0.409. The average molecular weight is 468 g/mol. The Morgan fingerprint density at radius 1 is 1.33 bits per heavy atom. The quantitative estimate of drug-likeness (QED) is 0.439. The predicted molar refractivity (Wildman–Crippen MR) is 127 cm³/mol. The first-order valence-corrected chi connectivity index (χ1v) is 11.9. The van der Waals surface area contributed by atoms with Crippen LogP contribution in [0.1, 0.15) is 12.1 Å². The molecule has 2 saturated heterocycles. The molecule has 33 heavy (non-hydrogen) atoms. The van der Waals surface area contributed by atoms with E-state index in [4.69, 9.17) is 14.7 Å². The molecule has 172 valence electrons. The lowest BCUT2D eigenvalue weighted by Gasteiger charge is -2.23. The maximum Gasteiger partial charge on any atom is 0.246 e. The standard InChI is InChI=1S/C22H26N8O2S/c1-2-19(31)30-7-5-15(14-30)24-21-25-16(13-29-8-10-32-11-9-29)12-18(27-21)28-22-26-17-4-3-6-23-20(17)33-22/h2-4,6,12,15H,1,5,7-11,13-14H2,(H2,24,25,26,27,28)/p+1/t15-/m0/s1. The van der Waals surface area contributed by atoms with Gasteiger partial charge in [-0.25, -0.2) is 15.0 Å². The topological polar surface area (TPSA) is 110 Å². The van der Waals surface area contributed by atoms with Gasteiger partial charge >= 0.3 is 0 Å². The number of quaternary nitrogens is 1. The zero-order valence-corrected chi connectivity index (χ0v) is 19.1. The number of carbonyl (C=O) groups excluding carboxylic acids is 1. The van der Waals surface area contributed by atoms with Crippen molar-refractivity contribution in [3.05, 3.63) is 42.7 Å². The normalized spacial score (nSPS) is 19.0. The summed E-state index contributed by atoms with van der Waals surface area (Å²) in [5.41, 5.74) is 1.80. The highest BCUT2D eigenvalue weighted by molar-refractivity contribution is 7.21. The maximum atomic E-state index is 11.9. The molecule has 0 bridgehead atoms. The van der Waals surface area contributed by atoms with Crippen molar-refractivity contribution in [3.8, 4) is 0 Å². The number of anilines is 3. The van der Waals surface area contributed by atoms with Crippen LogP contribution in [0.25, 0.3) is 10.3 Å². The molecule has 0 radical (unpaired) electrons. The van der Waals surface area contributed by atoms with E-state index in [0.717, 1.165) is 60.4 Å². The van der Waals surface area contributed by atoms with E-state index < -0.39 is 0 Å². The predicted octanol–water partition coefficient (Wildman–Crippen LogP) is 0.839. The van der Waals surface area contributed by atoms with Crippen molar-refractivity contribution < 1.29 is 14.4 Å². The van der Waals surface area contributed by atoms with E-state index in [2.05, 4.69) is 27.2 Å². The van der Waals surface area contributed by atoms with Crippen LogP contribution in [-0.4, -0.2) is 76.2 Å². The lowest BCUT2D eigenvalue weighted by molar-refractivity contribution is -0.921. The molecule has 2 fully saturated rings. The smallest absolute Gasteiger partial charge is 0.246 e. The molecular weight excluding hydrogens is 440 g/mol. The number of rotatable bonds is 7. The van der Waals surface area contributed by atoms with Crippen molar-refractivity contribution in [1.82, 2.24) is 24.8 Å². The van der Waals surface area contributed by atoms with Crippen molar-refractivity contribution in [1.29, 1.82) is 0 Å². The molecule has 10 nitrogen and oxygen atoms in total. The van der Waals surface area contributed by atoms with Crippen LogP contribution in [0.5, 0.6) is 0 Å². The Bertz CT molecular complexity index is 1110. The van der Waals surface area contributed by atoms with E-state index in [1.165, 1.54) is 22.3 Å². The van der Waals surface area contributed by atoms with Crippen molar-refractivity contribution in [2.45, 2.75) is 19.0 Å². The summed E-state index contributed by atoms with van der Waals surface area (Å²) in [4.78, 5) is 34.5. The number of pyridine rings is 1. The Morgan fingerprint density at radius 2 is 2.21 bits per heavy atom. The highest BCUT2D eigenvalue weighted by Crippen LogP contribution is 2.26.